The van der Waals surface area contributed by atoms with E-state index in [1.54, 1.807) is 6.92 Å². The minimum absolute atomic E-state index is 0.108. The molecule has 8 nitrogen and oxygen atoms in total. The lowest BCUT2D eigenvalue weighted by atomic mass is 9.98. The van der Waals surface area contributed by atoms with Gasteiger partial charge in [-0.05, 0) is 54.0 Å². The maximum atomic E-state index is 13.3. The number of carbonyl (C=O) groups is 3. The standard InChI is InChI=1S/C32H34N2O6/c1-20(39-18-21-9-3-2-4-10-21)29(30(35)33-23-16-15-22(17-23)31(36)37)34-32(38)40-19-28-26-13-7-5-11-24(26)25-12-6-8-14-27(25)28/h2-14,20,22-23,28-29H,15-19H2,1H3,(H,33,35)(H,34,38)(H,36,37). The SMILES string of the molecule is CC(OCc1ccccc1)C(NC(=O)OCC1c2ccccc2-c2ccccc21)C(=O)NC1CCC(C(=O)O)C1. The number of amides is 2. The van der Waals surface area contributed by atoms with Crippen LogP contribution in [0.3, 0.4) is 0 Å². The van der Waals surface area contributed by atoms with Crippen molar-refractivity contribution in [3.8, 4) is 11.1 Å². The minimum Gasteiger partial charge on any atom is -0.481 e. The zero-order chi connectivity index (χ0) is 28.1. The summed E-state index contributed by atoms with van der Waals surface area (Å²) in [7, 11) is 0. The molecule has 1 fully saturated rings. The van der Waals surface area contributed by atoms with Gasteiger partial charge in [0.2, 0.25) is 5.91 Å². The van der Waals surface area contributed by atoms with Crippen LogP contribution in [0.1, 0.15) is 48.8 Å². The number of nitrogens with one attached hydrogen (secondary N) is 2. The lowest BCUT2D eigenvalue weighted by Crippen LogP contribution is -2.55. The first kappa shape index (κ1) is 27.4. The van der Waals surface area contributed by atoms with Gasteiger partial charge in [0.1, 0.15) is 12.6 Å². The van der Waals surface area contributed by atoms with Crippen molar-refractivity contribution in [2.24, 2.45) is 5.92 Å². The van der Waals surface area contributed by atoms with Crippen molar-refractivity contribution in [1.82, 2.24) is 10.6 Å². The third-order valence-corrected chi connectivity index (χ3v) is 7.85. The van der Waals surface area contributed by atoms with Gasteiger partial charge in [0, 0.05) is 12.0 Å². The quantitative estimate of drug-likeness (QED) is 0.337. The average Bonchev–Trinajstić information content (AvgIpc) is 3.57. The Bertz CT molecular complexity index is 1310. The van der Waals surface area contributed by atoms with Crippen LogP contribution in [-0.2, 0) is 25.7 Å². The molecule has 5 rings (SSSR count). The van der Waals surface area contributed by atoms with E-state index >= 15 is 0 Å². The zero-order valence-corrected chi connectivity index (χ0v) is 22.4. The number of hydrogen-bond acceptors (Lipinski definition) is 5. The zero-order valence-electron chi connectivity index (χ0n) is 22.4. The Morgan fingerprint density at radius 3 is 2.15 bits per heavy atom. The number of carbonyl (C=O) groups excluding carboxylic acids is 2. The Labute approximate surface area is 233 Å². The van der Waals surface area contributed by atoms with Gasteiger partial charge in [-0.2, -0.15) is 0 Å². The molecule has 3 aromatic carbocycles. The van der Waals surface area contributed by atoms with Crippen LogP contribution in [0, 0.1) is 5.92 Å². The number of rotatable bonds is 10. The molecule has 8 heteroatoms. The van der Waals surface area contributed by atoms with Gasteiger partial charge in [-0.1, -0.05) is 78.9 Å². The van der Waals surface area contributed by atoms with Crippen LogP contribution in [-0.4, -0.2) is 47.9 Å². The van der Waals surface area contributed by atoms with Gasteiger partial charge in [0.05, 0.1) is 18.6 Å². The Morgan fingerprint density at radius 2 is 1.52 bits per heavy atom. The second kappa shape index (κ2) is 12.3. The van der Waals surface area contributed by atoms with E-state index < -0.39 is 36.0 Å². The molecule has 0 saturated heterocycles. The largest absolute Gasteiger partial charge is 0.481 e. The summed E-state index contributed by atoms with van der Waals surface area (Å²) < 4.78 is 11.7. The smallest absolute Gasteiger partial charge is 0.407 e. The van der Waals surface area contributed by atoms with E-state index in [2.05, 4.69) is 22.8 Å². The average molecular weight is 543 g/mol. The summed E-state index contributed by atoms with van der Waals surface area (Å²) in [5.74, 6) is -1.87. The second-order valence-corrected chi connectivity index (χ2v) is 10.5. The lowest BCUT2D eigenvalue weighted by Gasteiger charge is -2.26. The van der Waals surface area contributed by atoms with E-state index in [4.69, 9.17) is 9.47 Å². The van der Waals surface area contributed by atoms with E-state index in [-0.39, 0.29) is 25.2 Å². The normalized spacial score (nSPS) is 19.2. The summed E-state index contributed by atoms with van der Waals surface area (Å²) in [5, 5.41) is 15.0. The van der Waals surface area contributed by atoms with Gasteiger partial charge < -0.3 is 25.2 Å². The number of benzene rings is 3. The second-order valence-electron chi connectivity index (χ2n) is 10.5. The maximum absolute atomic E-state index is 13.3. The summed E-state index contributed by atoms with van der Waals surface area (Å²) in [6.45, 7) is 2.12. The molecule has 2 aliphatic rings. The topological polar surface area (TPSA) is 114 Å². The van der Waals surface area contributed by atoms with Crippen molar-refractivity contribution >= 4 is 18.0 Å². The van der Waals surface area contributed by atoms with Crippen LogP contribution in [0.5, 0.6) is 0 Å². The molecule has 2 aliphatic carbocycles. The molecule has 2 amide bonds. The molecule has 4 unspecified atom stereocenters. The first-order chi connectivity index (χ1) is 19.4. The van der Waals surface area contributed by atoms with E-state index in [1.165, 1.54) is 0 Å². The predicted octanol–water partition coefficient (Wildman–Crippen LogP) is 4.87. The number of hydrogen-bond donors (Lipinski definition) is 3. The van der Waals surface area contributed by atoms with Gasteiger partial charge in [-0.25, -0.2) is 4.79 Å². The molecule has 0 spiro atoms. The van der Waals surface area contributed by atoms with Gasteiger partial charge in [0.15, 0.2) is 0 Å². The Hall–Kier alpha value is -4.17. The van der Waals surface area contributed by atoms with Gasteiger partial charge in [-0.3, -0.25) is 9.59 Å². The van der Waals surface area contributed by atoms with E-state index in [0.29, 0.717) is 19.3 Å². The van der Waals surface area contributed by atoms with Crippen LogP contribution < -0.4 is 10.6 Å². The monoisotopic (exact) mass is 542 g/mol. The highest BCUT2D eigenvalue weighted by atomic mass is 16.5. The third kappa shape index (κ3) is 6.18. The summed E-state index contributed by atoms with van der Waals surface area (Å²) in [6, 6.07) is 24.4. The molecule has 0 aliphatic heterocycles. The van der Waals surface area contributed by atoms with Crippen molar-refractivity contribution in [3.05, 3.63) is 95.6 Å². The predicted molar refractivity (Wildman–Crippen MR) is 150 cm³/mol. The molecule has 0 bridgehead atoms. The molecule has 0 heterocycles. The summed E-state index contributed by atoms with van der Waals surface area (Å²) in [6.07, 6.45) is 0.0481. The molecular formula is C32H34N2O6. The van der Waals surface area contributed by atoms with Crippen molar-refractivity contribution in [1.29, 1.82) is 0 Å². The summed E-state index contributed by atoms with van der Waals surface area (Å²) in [4.78, 5) is 37.8. The van der Waals surface area contributed by atoms with Crippen molar-refractivity contribution in [2.75, 3.05) is 6.61 Å². The third-order valence-electron chi connectivity index (χ3n) is 7.85. The number of carboxylic acid groups (broad SMARTS) is 1. The first-order valence-corrected chi connectivity index (χ1v) is 13.7. The van der Waals surface area contributed by atoms with E-state index in [9.17, 15) is 19.5 Å². The number of aliphatic carboxylic acids is 1. The van der Waals surface area contributed by atoms with Crippen molar-refractivity contribution in [3.63, 3.8) is 0 Å². The first-order valence-electron chi connectivity index (χ1n) is 13.7. The molecule has 3 N–H and O–H groups in total. The molecular weight excluding hydrogens is 508 g/mol. The number of fused-ring (bicyclic) bond motifs is 3. The van der Waals surface area contributed by atoms with Crippen molar-refractivity contribution in [2.45, 2.75) is 56.9 Å². The fraction of sp³-hybridized carbons (Fsp3) is 0.344. The number of ether oxygens (including phenoxy) is 2. The van der Waals surface area contributed by atoms with Crippen LogP contribution >= 0.6 is 0 Å². The highest BCUT2D eigenvalue weighted by Crippen LogP contribution is 2.44. The molecule has 3 aromatic rings. The van der Waals surface area contributed by atoms with Crippen LogP contribution in [0.25, 0.3) is 11.1 Å². The molecule has 0 radical (unpaired) electrons. The highest BCUT2D eigenvalue weighted by molar-refractivity contribution is 5.86. The Morgan fingerprint density at radius 1 is 0.900 bits per heavy atom. The number of carboxylic acids is 1. The lowest BCUT2D eigenvalue weighted by molar-refractivity contribution is -0.141. The summed E-state index contributed by atoms with van der Waals surface area (Å²) >= 11 is 0. The van der Waals surface area contributed by atoms with Gasteiger partial charge in [0.25, 0.3) is 0 Å². The van der Waals surface area contributed by atoms with Gasteiger partial charge in [-0.15, -0.1) is 0 Å². The van der Waals surface area contributed by atoms with E-state index in [0.717, 1.165) is 27.8 Å². The fourth-order valence-corrected chi connectivity index (χ4v) is 5.69. The molecule has 208 valence electrons. The maximum Gasteiger partial charge on any atom is 0.407 e. The molecule has 4 atom stereocenters. The molecule has 1 saturated carbocycles. The van der Waals surface area contributed by atoms with Gasteiger partial charge >= 0.3 is 12.1 Å². The number of alkyl carbamates (subject to hydrolysis) is 1. The Kier molecular flexibility index (Phi) is 8.45. The minimum atomic E-state index is -1.02. The molecule has 40 heavy (non-hydrogen) atoms. The van der Waals surface area contributed by atoms with Crippen LogP contribution in [0.4, 0.5) is 4.79 Å². The Balaban J connectivity index is 1.25. The van der Waals surface area contributed by atoms with Crippen molar-refractivity contribution < 1.29 is 29.0 Å². The van der Waals surface area contributed by atoms with Crippen LogP contribution in [0.2, 0.25) is 0 Å². The summed E-state index contributed by atoms with van der Waals surface area (Å²) in [5.41, 5.74) is 5.39. The molecule has 0 aromatic heterocycles. The van der Waals surface area contributed by atoms with Crippen LogP contribution in [0.15, 0.2) is 78.9 Å². The fourth-order valence-electron chi connectivity index (χ4n) is 5.69. The van der Waals surface area contributed by atoms with E-state index in [1.807, 2.05) is 66.7 Å². The highest BCUT2D eigenvalue weighted by Gasteiger charge is 2.35.